The first kappa shape index (κ1) is 21.8. The molecule has 0 saturated heterocycles. The summed E-state index contributed by atoms with van der Waals surface area (Å²) in [5.41, 5.74) is 0. The van der Waals surface area contributed by atoms with Crippen molar-refractivity contribution in [3.8, 4) is 0 Å². The molecule has 5 nitrogen and oxygen atoms in total. The highest BCUT2D eigenvalue weighted by Gasteiger charge is 1.98. The molecule has 0 heterocycles. The average molecular weight is 319 g/mol. The second-order valence-electron chi connectivity index (χ2n) is 5.50. The van der Waals surface area contributed by atoms with Crippen molar-refractivity contribution in [1.82, 2.24) is 5.32 Å². The van der Waals surface area contributed by atoms with Gasteiger partial charge in [-0.3, -0.25) is 0 Å². The fourth-order valence-corrected chi connectivity index (χ4v) is 1.70. The third-order valence-corrected chi connectivity index (χ3v) is 3.42. The predicted molar refractivity (Wildman–Crippen MR) is 90.5 cm³/mol. The lowest BCUT2D eigenvalue weighted by molar-refractivity contribution is -0.00254. The lowest BCUT2D eigenvalue weighted by Gasteiger charge is -2.09. The largest absolute Gasteiger partial charge is 0.379 e. The van der Waals surface area contributed by atoms with Gasteiger partial charge in [0.2, 0.25) is 0 Å². The van der Waals surface area contributed by atoms with Crippen LogP contribution in [-0.2, 0) is 18.9 Å². The zero-order valence-electron chi connectivity index (χ0n) is 14.9. The Balaban J connectivity index is 2.97. The number of rotatable bonds is 18. The first-order valence-electron chi connectivity index (χ1n) is 8.82. The molecule has 134 valence electrons. The summed E-state index contributed by atoms with van der Waals surface area (Å²) in [6.45, 7) is 14.0. The number of hydrogen-bond acceptors (Lipinski definition) is 5. The van der Waals surface area contributed by atoms with E-state index in [1.165, 1.54) is 6.42 Å². The SMILES string of the molecule is CCCNCCOCCOCCOCCOCCC(C)CC. The Morgan fingerprint density at radius 2 is 1.18 bits per heavy atom. The van der Waals surface area contributed by atoms with Crippen LogP contribution in [0.1, 0.15) is 40.0 Å². The Labute approximate surface area is 137 Å². The van der Waals surface area contributed by atoms with Gasteiger partial charge in [-0.05, 0) is 25.3 Å². The van der Waals surface area contributed by atoms with E-state index in [4.69, 9.17) is 18.9 Å². The quantitative estimate of drug-likeness (QED) is 0.393. The molecule has 1 unspecified atom stereocenters. The molecular formula is C17H37NO4. The Morgan fingerprint density at radius 3 is 1.68 bits per heavy atom. The van der Waals surface area contributed by atoms with Gasteiger partial charge in [0.25, 0.3) is 0 Å². The zero-order valence-corrected chi connectivity index (χ0v) is 14.9. The van der Waals surface area contributed by atoms with Crippen molar-refractivity contribution in [1.29, 1.82) is 0 Å². The van der Waals surface area contributed by atoms with E-state index in [9.17, 15) is 0 Å². The standard InChI is InChI=1S/C17H37NO4/c1-4-7-18-8-10-20-12-14-22-16-15-21-13-11-19-9-6-17(3)5-2/h17-18H,4-16H2,1-3H3. The molecule has 1 atom stereocenters. The summed E-state index contributed by atoms with van der Waals surface area (Å²) in [7, 11) is 0. The molecule has 0 aliphatic heterocycles. The maximum atomic E-state index is 5.51. The van der Waals surface area contributed by atoms with Crippen molar-refractivity contribution in [2.75, 3.05) is 65.9 Å². The maximum absolute atomic E-state index is 5.51. The van der Waals surface area contributed by atoms with Gasteiger partial charge < -0.3 is 24.3 Å². The Kier molecular flexibility index (Phi) is 18.7. The molecule has 0 aromatic rings. The molecule has 0 aromatic carbocycles. The minimum atomic E-state index is 0.615. The number of nitrogens with one attached hydrogen (secondary N) is 1. The van der Waals surface area contributed by atoms with Crippen LogP contribution in [0.2, 0.25) is 0 Å². The molecule has 0 amide bonds. The molecule has 0 rings (SSSR count). The highest BCUT2D eigenvalue weighted by Crippen LogP contribution is 2.05. The first-order valence-corrected chi connectivity index (χ1v) is 8.82. The van der Waals surface area contributed by atoms with E-state index in [-0.39, 0.29) is 0 Å². The van der Waals surface area contributed by atoms with Gasteiger partial charge >= 0.3 is 0 Å². The zero-order chi connectivity index (χ0) is 16.3. The van der Waals surface area contributed by atoms with Gasteiger partial charge in [-0.25, -0.2) is 0 Å². The molecule has 0 bridgehead atoms. The monoisotopic (exact) mass is 319 g/mol. The van der Waals surface area contributed by atoms with E-state index in [1.54, 1.807) is 0 Å². The summed E-state index contributed by atoms with van der Waals surface area (Å²) in [5, 5.41) is 3.29. The summed E-state index contributed by atoms with van der Waals surface area (Å²) in [6, 6.07) is 0. The number of hydrogen-bond donors (Lipinski definition) is 1. The van der Waals surface area contributed by atoms with Crippen molar-refractivity contribution >= 4 is 0 Å². The molecule has 0 saturated carbocycles. The molecule has 0 aliphatic carbocycles. The van der Waals surface area contributed by atoms with Crippen LogP contribution in [0.5, 0.6) is 0 Å². The lowest BCUT2D eigenvalue weighted by atomic mass is 10.1. The highest BCUT2D eigenvalue weighted by atomic mass is 16.6. The van der Waals surface area contributed by atoms with Crippen molar-refractivity contribution in [2.24, 2.45) is 5.92 Å². The Morgan fingerprint density at radius 1 is 0.682 bits per heavy atom. The summed E-state index contributed by atoms with van der Waals surface area (Å²) in [4.78, 5) is 0. The van der Waals surface area contributed by atoms with Crippen LogP contribution in [0, 0.1) is 5.92 Å². The molecule has 0 spiro atoms. The molecule has 22 heavy (non-hydrogen) atoms. The minimum Gasteiger partial charge on any atom is -0.379 e. The second kappa shape index (κ2) is 18.8. The molecule has 1 N–H and O–H groups in total. The van der Waals surface area contributed by atoms with Crippen LogP contribution >= 0.6 is 0 Å². The van der Waals surface area contributed by atoms with Gasteiger partial charge in [0.1, 0.15) is 0 Å². The van der Waals surface area contributed by atoms with Crippen molar-refractivity contribution in [3.63, 3.8) is 0 Å². The lowest BCUT2D eigenvalue weighted by Crippen LogP contribution is -2.21. The summed E-state index contributed by atoms with van der Waals surface area (Å²) in [6.07, 6.45) is 3.51. The van der Waals surface area contributed by atoms with E-state index in [0.29, 0.717) is 39.6 Å². The predicted octanol–water partition coefficient (Wildman–Crippen LogP) is 2.49. The van der Waals surface area contributed by atoms with Gasteiger partial charge in [0, 0.05) is 13.2 Å². The van der Waals surface area contributed by atoms with Gasteiger partial charge in [-0.2, -0.15) is 0 Å². The van der Waals surface area contributed by atoms with E-state index >= 15 is 0 Å². The van der Waals surface area contributed by atoms with Crippen molar-refractivity contribution < 1.29 is 18.9 Å². The minimum absolute atomic E-state index is 0.615. The molecule has 0 radical (unpaired) electrons. The first-order chi connectivity index (χ1) is 10.8. The van der Waals surface area contributed by atoms with Crippen LogP contribution < -0.4 is 5.32 Å². The van der Waals surface area contributed by atoms with E-state index < -0.39 is 0 Å². The van der Waals surface area contributed by atoms with E-state index in [2.05, 4.69) is 26.1 Å². The highest BCUT2D eigenvalue weighted by molar-refractivity contribution is 4.48. The average Bonchev–Trinajstić information content (AvgIpc) is 2.54. The van der Waals surface area contributed by atoms with Crippen molar-refractivity contribution in [3.05, 3.63) is 0 Å². The molecular weight excluding hydrogens is 282 g/mol. The third-order valence-electron chi connectivity index (χ3n) is 3.42. The topological polar surface area (TPSA) is 49.0 Å². The van der Waals surface area contributed by atoms with Crippen LogP contribution in [0.3, 0.4) is 0 Å². The summed E-state index contributed by atoms with van der Waals surface area (Å²) >= 11 is 0. The maximum Gasteiger partial charge on any atom is 0.0701 e. The van der Waals surface area contributed by atoms with E-state index in [1.807, 2.05) is 0 Å². The molecule has 0 aromatic heterocycles. The van der Waals surface area contributed by atoms with Crippen LogP contribution in [0.25, 0.3) is 0 Å². The fourth-order valence-electron chi connectivity index (χ4n) is 1.70. The summed E-state index contributed by atoms with van der Waals surface area (Å²) in [5.74, 6) is 0.749. The van der Waals surface area contributed by atoms with E-state index in [0.717, 1.165) is 45.1 Å². The molecule has 0 aliphatic rings. The Hall–Kier alpha value is -0.200. The van der Waals surface area contributed by atoms with Crippen LogP contribution in [-0.4, -0.2) is 65.9 Å². The normalized spacial score (nSPS) is 12.7. The van der Waals surface area contributed by atoms with Gasteiger partial charge in [0.05, 0.1) is 46.2 Å². The third kappa shape index (κ3) is 17.9. The molecule has 5 heteroatoms. The van der Waals surface area contributed by atoms with Crippen LogP contribution in [0.15, 0.2) is 0 Å². The van der Waals surface area contributed by atoms with Gasteiger partial charge in [0.15, 0.2) is 0 Å². The number of ether oxygens (including phenoxy) is 4. The van der Waals surface area contributed by atoms with Gasteiger partial charge in [-0.15, -0.1) is 0 Å². The van der Waals surface area contributed by atoms with Crippen LogP contribution in [0.4, 0.5) is 0 Å². The summed E-state index contributed by atoms with van der Waals surface area (Å²) < 4.78 is 21.8. The smallest absolute Gasteiger partial charge is 0.0701 e. The van der Waals surface area contributed by atoms with Gasteiger partial charge in [-0.1, -0.05) is 27.2 Å². The fraction of sp³-hybridized carbons (Fsp3) is 1.00. The Bertz CT molecular complexity index is 205. The van der Waals surface area contributed by atoms with Crippen molar-refractivity contribution in [2.45, 2.75) is 40.0 Å². The molecule has 0 fully saturated rings. The second-order valence-corrected chi connectivity index (χ2v) is 5.50.